The van der Waals surface area contributed by atoms with Gasteiger partial charge in [-0.15, -0.1) is 0 Å². The fraction of sp³-hybridized carbons (Fsp3) is 0.636. The second-order valence-electron chi connectivity index (χ2n) is 8.71. The maximum Gasteiger partial charge on any atom is 0.331 e. The van der Waals surface area contributed by atoms with E-state index in [-0.39, 0.29) is 17.8 Å². The van der Waals surface area contributed by atoms with E-state index in [2.05, 4.69) is 15.5 Å². The average Bonchev–Trinajstić information content (AvgIpc) is 3.50. The largest absolute Gasteiger partial charge is 0.467 e. The standard InChI is InChI=1S/C22H29N3O4/c1-13(2)18-17-15(12-16(14-8-9-14)23-20(17)29-25-18)19(26)24-22(21(27)28-3)10-6-4-5-7-11-22/h12-14H,4-11H2,1-3H3,(H,24,26). The summed E-state index contributed by atoms with van der Waals surface area (Å²) in [5.41, 5.74) is 1.49. The second kappa shape index (κ2) is 7.76. The Morgan fingerprint density at radius 2 is 1.90 bits per heavy atom. The molecule has 2 saturated carbocycles. The van der Waals surface area contributed by atoms with Crippen LogP contribution in [0.15, 0.2) is 10.6 Å². The number of carbonyl (C=O) groups is 2. The number of carbonyl (C=O) groups excluding carboxylic acids is 2. The number of pyridine rings is 1. The predicted octanol–water partition coefficient (Wildman–Crippen LogP) is 4.22. The molecule has 1 N–H and O–H groups in total. The summed E-state index contributed by atoms with van der Waals surface area (Å²) >= 11 is 0. The summed E-state index contributed by atoms with van der Waals surface area (Å²) in [6.45, 7) is 4.02. The number of amides is 1. The van der Waals surface area contributed by atoms with Gasteiger partial charge in [-0.25, -0.2) is 9.78 Å². The van der Waals surface area contributed by atoms with E-state index in [1.54, 1.807) is 0 Å². The maximum atomic E-state index is 13.5. The van der Waals surface area contributed by atoms with Crippen LogP contribution in [0.5, 0.6) is 0 Å². The lowest BCUT2D eigenvalue weighted by atomic mass is 9.89. The number of methoxy groups -OCH3 is 1. The molecule has 2 aromatic heterocycles. The summed E-state index contributed by atoms with van der Waals surface area (Å²) in [5.74, 6) is -0.193. The number of nitrogens with one attached hydrogen (secondary N) is 1. The Balaban J connectivity index is 1.76. The smallest absolute Gasteiger partial charge is 0.331 e. The topological polar surface area (TPSA) is 94.3 Å². The number of ether oxygens (including phenoxy) is 1. The minimum Gasteiger partial charge on any atom is -0.467 e. The zero-order valence-electron chi connectivity index (χ0n) is 17.4. The summed E-state index contributed by atoms with van der Waals surface area (Å²) in [6, 6.07) is 1.86. The molecule has 0 aliphatic heterocycles. The molecule has 2 aliphatic rings. The van der Waals surface area contributed by atoms with Crippen molar-refractivity contribution < 1.29 is 18.8 Å². The van der Waals surface area contributed by atoms with Gasteiger partial charge in [-0.05, 0) is 37.7 Å². The molecule has 0 saturated heterocycles. The quantitative estimate of drug-likeness (QED) is 0.597. The minimum absolute atomic E-state index is 0.0869. The SMILES string of the molecule is COC(=O)C1(NC(=O)c2cc(C3CC3)nc3onc(C(C)C)c23)CCCCCC1. The van der Waals surface area contributed by atoms with Crippen LogP contribution in [0.3, 0.4) is 0 Å². The van der Waals surface area contributed by atoms with Crippen LogP contribution in [-0.2, 0) is 9.53 Å². The molecule has 156 valence electrons. The van der Waals surface area contributed by atoms with Crippen molar-refractivity contribution >= 4 is 23.0 Å². The van der Waals surface area contributed by atoms with E-state index in [1.165, 1.54) is 7.11 Å². The first kappa shape index (κ1) is 19.9. The van der Waals surface area contributed by atoms with Gasteiger partial charge in [-0.2, -0.15) is 0 Å². The van der Waals surface area contributed by atoms with Gasteiger partial charge in [0.25, 0.3) is 11.6 Å². The Hall–Kier alpha value is -2.44. The maximum absolute atomic E-state index is 13.5. The zero-order valence-corrected chi connectivity index (χ0v) is 17.4. The van der Waals surface area contributed by atoms with Gasteiger partial charge >= 0.3 is 5.97 Å². The van der Waals surface area contributed by atoms with Gasteiger partial charge < -0.3 is 14.6 Å². The molecule has 1 amide bonds. The number of hydrogen-bond donors (Lipinski definition) is 1. The Morgan fingerprint density at radius 1 is 1.21 bits per heavy atom. The van der Waals surface area contributed by atoms with E-state index in [0.29, 0.717) is 41.1 Å². The molecule has 2 fully saturated rings. The van der Waals surface area contributed by atoms with Gasteiger partial charge in [-0.1, -0.05) is 44.7 Å². The van der Waals surface area contributed by atoms with E-state index in [9.17, 15) is 9.59 Å². The first-order valence-electron chi connectivity index (χ1n) is 10.7. The molecule has 0 atom stereocenters. The van der Waals surface area contributed by atoms with Crippen molar-refractivity contribution in [2.24, 2.45) is 0 Å². The number of aromatic nitrogens is 2. The Kier molecular flexibility index (Phi) is 5.32. The number of hydrogen-bond acceptors (Lipinski definition) is 6. The third kappa shape index (κ3) is 3.74. The van der Waals surface area contributed by atoms with Crippen LogP contribution in [-0.4, -0.2) is 34.7 Å². The lowest BCUT2D eigenvalue weighted by Gasteiger charge is -2.31. The van der Waals surface area contributed by atoms with Gasteiger partial charge in [0.15, 0.2) is 0 Å². The molecule has 2 aromatic rings. The summed E-state index contributed by atoms with van der Waals surface area (Å²) in [7, 11) is 1.38. The van der Waals surface area contributed by atoms with Crippen LogP contribution in [0, 0.1) is 0 Å². The number of rotatable bonds is 5. The van der Waals surface area contributed by atoms with E-state index >= 15 is 0 Å². The third-order valence-electron chi connectivity index (χ3n) is 6.17. The molecule has 7 heteroatoms. The second-order valence-corrected chi connectivity index (χ2v) is 8.71. The molecular weight excluding hydrogens is 370 g/mol. The molecular formula is C22H29N3O4. The fourth-order valence-corrected chi connectivity index (χ4v) is 4.35. The number of fused-ring (bicyclic) bond motifs is 1. The van der Waals surface area contributed by atoms with Crippen LogP contribution < -0.4 is 5.32 Å². The highest BCUT2D eigenvalue weighted by molar-refractivity contribution is 6.07. The lowest BCUT2D eigenvalue weighted by molar-refractivity contribution is -0.148. The Morgan fingerprint density at radius 3 is 2.48 bits per heavy atom. The van der Waals surface area contributed by atoms with Crippen molar-refractivity contribution in [2.75, 3.05) is 7.11 Å². The van der Waals surface area contributed by atoms with Gasteiger partial charge in [0.1, 0.15) is 5.54 Å². The molecule has 0 aromatic carbocycles. The molecule has 0 unspecified atom stereocenters. The predicted molar refractivity (Wildman–Crippen MR) is 108 cm³/mol. The molecule has 7 nitrogen and oxygen atoms in total. The molecule has 2 heterocycles. The first-order valence-corrected chi connectivity index (χ1v) is 10.7. The third-order valence-corrected chi connectivity index (χ3v) is 6.17. The van der Waals surface area contributed by atoms with Crippen molar-refractivity contribution in [1.29, 1.82) is 0 Å². The molecule has 29 heavy (non-hydrogen) atoms. The summed E-state index contributed by atoms with van der Waals surface area (Å²) in [6.07, 6.45) is 7.21. The zero-order chi connectivity index (χ0) is 20.6. The fourth-order valence-electron chi connectivity index (χ4n) is 4.35. The first-order chi connectivity index (χ1) is 13.9. The average molecular weight is 399 g/mol. The van der Waals surface area contributed by atoms with E-state index in [4.69, 9.17) is 9.26 Å². The van der Waals surface area contributed by atoms with Crippen molar-refractivity contribution in [3.05, 3.63) is 23.0 Å². The van der Waals surface area contributed by atoms with Gasteiger partial charge in [0.2, 0.25) is 0 Å². The van der Waals surface area contributed by atoms with E-state index in [1.807, 2.05) is 19.9 Å². The van der Waals surface area contributed by atoms with Crippen LogP contribution in [0.2, 0.25) is 0 Å². The molecule has 0 bridgehead atoms. The summed E-state index contributed by atoms with van der Waals surface area (Å²) < 4.78 is 10.6. The van der Waals surface area contributed by atoms with Gasteiger partial charge in [0.05, 0.1) is 23.8 Å². The molecule has 4 rings (SSSR count). The van der Waals surface area contributed by atoms with Gasteiger partial charge in [-0.3, -0.25) is 4.79 Å². The van der Waals surface area contributed by atoms with Crippen LogP contribution in [0.25, 0.3) is 11.1 Å². The van der Waals surface area contributed by atoms with Crippen LogP contribution >= 0.6 is 0 Å². The summed E-state index contributed by atoms with van der Waals surface area (Å²) in [5, 5.41) is 7.89. The lowest BCUT2D eigenvalue weighted by Crippen LogP contribution is -2.54. The molecule has 0 spiro atoms. The number of esters is 1. The van der Waals surface area contributed by atoms with Crippen LogP contribution in [0.4, 0.5) is 0 Å². The highest BCUT2D eigenvalue weighted by Gasteiger charge is 2.42. The Labute approximate surface area is 170 Å². The normalized spacial score (nSPS) is 19.2. The van der Waals surface area contributed by atoms with Gasteiger partial charge in [0, 0.05) is 11.6 Å². The Bertz CT molecular complexity index is 922. The summed E-state index contributed by atoms with van der Waals surface area (Å²) in [4.78, 5) is 30.8. The minimum atomic E-state index is -0.979. The van der Waals surface area contributed by atoms with Crippen molar-refractivity contribution in [1.82, 2.24) is 15.5 Å². The van der Waals surface area contributed by atoms with Crippen molar-refractivity contribution in [3.63, 3.8) is 0 Å². The van der Waals surface area contributed by atoms with Crippen molar-refractivity contribution in [2.45, 2.75) is 82.6 Å². The molecule has 0 radical (unpaired) electrons. The van der Waals surface area contributed by atoms with Crippen LogP contribution in [0.1, 0.15) is 98.8 Å². The number of nitrogens with zero attached hydrogens (tertiary/aromatic N) is 2. The van der Waals surface area contributed by atoms with Crippen molar-refractivity contribution in [3.8, 4) is 0 Å². The molecule has 2 aliphatic carbocycles. The highest BCUT2D eigenvalue weighted by atomic mass is 16.5. The van der Waals surface area contributed by atoms with E-state index in [0.717, 1.165) is 44.2 Å². The highest BCUT2D eigenvalue weighted by Crippen LogP contribution is 2.41. The monoisotopic (exact) mass is 399 g/mol. The van der Waals surface area contributed by atoms with E-state index < -0.39 is 5.54 Å².